The minimum atomic E-state index is -4.40. The number of aromatic carboxylic acids is 1. The fourth-order valence-corrected chi connectivity index (χ4v) is 3.61. The summed E-state index contributed by atoms with van der Waals surface area (Å²) in [6.07, 6.45) is -4.40. The third kappa shape index (κ3) is 3.24. The first-order chi connectivity index (χ1) is 13.7. The molecule has 0 fully saturated rings. The number of rotatable bonds is 3. The first-order valence-electron chi connectivity index (χ1n) is 9.16. The second-order valence-corrected chi connectivity index (χ2v) is 7.35. The van der Waals surface area contributed by atoms with Gasteiger partial charge in [-0.1, -0.05) is 19.9 Å². The SMILES string of the molecule is CC(C)c1ccc2c(c1)c1cc(C(=O)O)ccc1n2-c1ccc(C(F)(F)F)cc1. The van der Waals surface area contributed by atoms with Gasteiger partial charge in [0.15, 0.2) is 0 Å². The maximum atomic E-state index is 12.9. The topological polar surface area (TPSA) is 42.2 Å². The molecule has 0 unspecified atom stereocenters. The van der Waals surface area contributed by atoms with Crippen LogP contribution in [0, 0.1) is 0 Å². The van der Waals surface area contributed by atoms with E-state index in [-0.39, 0.29) is 11.5 Å². The van der Waals surface area contributed by atoms with Crippen LogP contribution in [0.15, 0.2) is 60.7 Å². The van der Waals surface area contributed by atoms with Crippen molar-refractivity contribution in [3.05, 3.63) is 77.4 Å². The molecule has 0 spiro atoms. The summed E-state index contributed by atoms with van der Waals surface area (Å²) in [6.45, 7) is 4.14. The number of carboxylic acids is 1. The number of hydrogen-bond donors (Lipinski definition) is 1. The highest BCUT2D eigenvalue weighted by Crippen LogP contribution is 2.36. The molecule has 0 aliphatic carbocycles. The third-order valence-electron chi connectivity index (χ3n) is 5.16. The Morgan fingerprint density at radius 3 is 2.03 bits per heavy atom. The van der Waals surface area contributed by atoms with Gasteiger partial charge in [0.25, 0.3) is 0 Å². The Hall–Kier alpha value is -3.28. The smallest absolute Gasteiger partial charge is 0.416 e. The van der Waals surface area contributed by atoms with Crippen molar-refractivity contribution in [1.82, 2.24) is 4.57 Å². The lowest BCUT2D eigenvalue weighted by Crippen LogP contribution is -2.05. The molecule has 1 heterocycles. The summed E-state index contributed by atoms with van der Waals surface area (Å²) in [5.41, 5.74) is 2.69. The molecule has 0 amide bonds. The Labute approximate surface area is 165 Å². The van der Waals surface area contributed by atoms with Crippen molar-refractivity contribution >= 4 is 27.8 Å². The summed E-state index contributed by atoms with van der Waals surface area (Å²) in [4.78, 5) is 11.5. The molecule has 29 heavy (non-hydrogen) atoms. The van der Waals surface area contributed by atoms with Crippen molar-refractivity contribution < 1.29 is 23.1 Å². The number of benzene rings is 3. The van der Waals surface area contributed by atoms with E-state index in [1.807, 2.05) is 22.8 Å². The molecule has 0 aliphatic rings. The molecule has 0 bridgehead atoms. The van der Waals surface area contributed by atoms with E-state index < -0.39 is 17.7 Å². The van der Waals surface area contributed by atoms with Crippen molar-refractivity contribution in [3.63, 3.8) is 0 Å². The van der Waals surface area contributed by atoms with E-state index in [9.17, 15) is 23.1 Å². The van der Waals surface area contributed by atoms with Crippen molar-refractivity contribution in [1.29, 1.82) is 0 Å². The third-order valence-corrected chi connectivity index (χ3v) is 5.16. The van der Waals surface area contributed by atoms with E-state index in [1.54, 1.807) is 12.1 Å². The molecule has 3 aromatic carbocycles. The standard InChI is InChI=1S/C23H18F3NO2/c1-13(2)14-3-9-20-18(11-14)19-12-15(22(28)29)4-10-21(19)27(20)17-7-5-16(6-8-17)23(24,25)26/h3-13H,1-2H3,(H,28,29). The molecule has 148 valence electrons. The molecule has 4 rings (SSSR count). The first kappa shape index (κ1) is 19.1. The highest BCUT2D eigenvalue weighted by molar-refractivity contribution is 6.11. The van der Waals surface area contributed by atoms with Gasteiger partial charge in [0.05, 0.1) is 22.2 Å². The Morgan fingerprint density at radius 1 is 0.897 bits per heavy atom. The van der Waals surface area contributed by atoms with Crippen molar-refractivity contribution in [2.45, 2.75) is 25.9 Å². The van der Waals surface area contributed by atoms with Crippen LogP contribution >= 0.6 is 0 Å². The van der Waals surface area contributed by atoms with Crippen molar-refractivity contribution in [3.8, 4) is 5.69 Å². The summed E-state index contributed by atoms with van der Waals surface area (Å²) >= 11 is 0. The second-order valence-electron chi connectivity index (χ2n) is 7.35. The zero-order chi connectivity index (χ0) is 20.9. The molecule has 6 heteroatoms. The van der Waals surface area contributed by atoms with Gasteiger partial charge < -0.3 is 9.67 Å². The van der Waals surface area contributed by atoms with E-state index in [2.05, 4.69) is 13.8 Å². The fourth-order valence-electron chi connectivity index (χ4n) is 3.61. The van der Waals surface area contributed by atoms with Gasteiger partial charge in [-0.3, -0.25) is 0 Å². The van der Waals surface area contributed by atoms with Crippen LogP contribution in [-0.2, 0) is 6.18 Å². The van der Waals surface area contributed by atoms with Crippen LogP contribution in [0.1, 0.15) is 41.3 Å². The molecule has 0 radical (unpaired) electrons. The molecule has 4 aromatic rings. The largest absolute Gasteiger partial charge is 0.478 e. The van der Waals surface area contributed by atoms with Crippen molar-refractivity contribution in [2.75, 3.05) is 0 Å². The monoisotopic (exact) mass is 397 g/mol. The lowest BCUT2D eigenvalue weighted by atomic mass is 10.0. The summed E-state index contributed by atoms with van der Waals surface area (Å²) in [5.74, 6) is -0.742. The fraction of sp³-hybridized carbons (Fsp3) is 0.174. The Balaban J connectivity index is 2.03. The van der Waals surface area contributed by atoms with Gasteiger partial charge in [0.1, 0.15) is 0 Å². The van der Waals surface area contributed by atoms with Crippen LogP contribution in [0.4, 0.5) is 13.2 Å². The minimum absolute atomic E-state index is 0.166. The van der Waals surface area contributed by atoms with Crippen LogP contribution in [-0.4, -0.2) is 15.6 Å². The molecule has 0 aliphatic heterocycles. The number of nitrogens with zero attached hydrogens (tertiary/aromatic N) is 1. The average Bonchev–Trinajstić information content (AvgIpc) is 3.00. The molecule has 1 N–H and O–H groups in total. The van der Waals surface area contributed by atoms with Gasteiger partial charge in [-0.05, 0) is 66.1 Å². The number of fused-ring (bicyclic) bond motifs is 3. The zero-order valence-corrected chi connectivity index (χ0v) is 15.8. The van der Waals surface area contributed by atoms with Crippen molar-refractivity contribution in [2.24, 2.45) is 0 Å². The van der Waals surface area contributed by atoms with Crippen LogP contribution < -0.4 is 0 Å². The molecule has 0 saturated heterocycles. The predicted molar refractivity (Wildman–Crippen MR) is 107 cm³/mol. The van der Waals surface area contributed by atoms with E-state index in [0.717, 1.165) is 39.5 Å². The molecular weight excluding hydrogens is 379 g/mol. The number of carboxylic acid groups (broad SMARTS) is 1. The highest BCUT2D eigenvalue weighted by Gasteiger charge is 2.30. The normalized spacial score (nSPS) is 12.2. The summed E-state index contributed by atoms with van der Waals surface area (Å²) in [5, 5.41) is 11.0. The summed E-state index contributed by atoms with van der Waals surface area (Å²) in [6, 6.07) is 15.8. The van der Waals surface area contributed by atoms with Gasteiger partial charge in [-0.25, -0.2) is 4.79 Å². The van der Waals surface area contributed by atoms with E-state index in [1.165, 1.54) is 18.2 Å². The lowest BCUT2D eigenvalue weighted by Gasteiger charge is -2.11. The quantitative estimate of drug-likeness (QED) is 0.422. The van der Waals surface area contributed by atoms with Gasteiger partial charge in [0.2, 0.25) is 0 Å². The van der Waals surface area contributed by atoms with Crippen LogP contribution in [0.3, 0.4) is 0 Å². The number of alkyl halides is 3. The molecular formula is C23H18F3NO2. The Bertz CT molecular complexity index is 1240. The number of halogens is 3. The second kappa shape index (κ2) is 6.65. The van der Waals surface area contributed by atoms with Crippen LogP contribution in [0.2, 0.25) is 0 Å². The Kier molecular flexibility index (Phi) is 4.37. The summed E-state index contributed by atoms with van der Waals surface area (Å²) < 4.78 is 40.7. The van der Waals surface area contributed by atoms with Gasteiger partial charge in [0, 0.05) is 16.5 Å². The number of carbonyl (C=O) groups is 1. The van der Waals surface area contributed by atoms with E-state index in [4.69, 9.17) is 0 Å². The molecule has 3 nitrogen and oxygen atoms in total. The van der Waals surface area contributed by atoms with Gasteiger partial charge >= 0.3 is 12.1 Å². The minimum Gasteiger partial charge on any atom is -0.478 e. The predicted octanol–water partition coefficient (Wildman–Crippen LogP) is 6.62. The Morgan fingerprint density at radius 2 is 1.48 bits per heavy atom. The molecule has 0 saturated carbocycles. The zero-order valence-electron chi connectivity index (χ0n) is 15.8. The van der Waals surface area contributed by atoms with Crippen LogP contribution in [0.5, 0.6) is 0 Å². The maximum absolute atomic E-state index is 12.9. The van der Waals surface area contributed by atoms with Gasteiger partial charge in [-0.15, -0.1) is 0 Å². The lowest BCUT2D eigenvalue weighted by molar-refractivity contribution is -0.137. The van der Waals surface area contributed by atoms with Gasteiger partial charge in [-0.2, -0.15) is 13.2 Å². The summed E-state index contributed by atoms with van der Waals surface area (Å²) in [7, 11) is 0. The van der Waals surface area contributed by atoms with Crippen LogP contribution in [0.25, 0.3) is 27.5 Å². The highest BCUT2D eigenvalue weighted by atomic mass is 19.4. The van der Waals surface area contributed by atoms with E-state index >= 15 is 0 Å². The first-order valence-corrected chi connectivity index (χ1v) is 9.16. The molecule has 0 atom stereocenters. The number of aromatic nitrogens is 1. The maximum Gasteiger partial charge on any atom is 0.416 e. The van der Waals surface area contributed by atoms with E-state index in [0.29, 0.717) is 5.69 Å². The average molecular weight is 397 g/mol. The molecule has 1 aromatic heterocycles. The number of hydrogen-bond acceptors (Lipinski definition) is 1.